The fourth-order valence-electron chi connectivity index (χ4n) is 1.93. The summed E-state index contributed by atoms with van der Waals surface area (Å²) >= 11 is 5.93. The molecule has 1 unspecified atom stereocenters. The van der Waals surface area contributed by atoms with Crippen molar-refractivity contribution < 1.29 is 9.18 Å². The van der Waals surface area contributed by atoms with E-state index in [1.54, 1.807) is 12.1 Å². The van der Waals surface area contributed by atoms with Gasteiger partial charge in [0.1, 0.15) is 17.3 Å². The van der Waals surface area contributed by atoms with Crippen molar-refractivity contribution in [2.45, 2.75) is 19.4 Å². The first-order valence-electron chi connectivity index (χ1n) is 6.43. The van der Waals surface area contributed by atoms with Crippen molar-refractivity contribution in [3.05, 3.63) is 58.5 Å². The minimum Gasteiger partial charge on any atom is -0.384 e. The smallest absolute Gasteiger partial charge is 0.271 e. The molecule has 2 aromatic rings. The molecule has 0 aliphatic rings. The highest BCUT2D eigenvalue weighted by molar-refractivity contribution is 6.33. The molecule has 0 aliphatic heterocycles. The van der Waals surface area contributed by atoms with Crippen LogP contribution in [0.5, 0.6) is 0 Å². The van der Waals surface area contributed by atoms with Gasteiger partial charge in [0.25, 0.3) is 5.91 Å². The minimum absolute atomic E-state index is 0.0997. The Kier molecular flexibility index (Phi) is 4.75. The van der Waals surface area contributed by atoms with E-state index < -0.39 is 0 Å². The highest BCUT2D eigenvalue weighted by Gasteiger charge is 2.15. The fourth-order valence-corrected chi connectivity index (χ4v) is 2.12. The first-order chi connectivity index (χ1) is 9.95. The molecule has 3 N–H and O–H groups in total. The molecule has 0 aliphatic carbocycles. The molecule has 110 valence electrons. The number of carbonyl (C=O) groups is 1. The fraction of sp³-hybridized carbons (Fsp3) is 0.200. The van der Waals surface area contributed by atoms with E-state index in [1.165, 1.54) is 24.3 Å². The van der Waals surface area contributed by atoms with Crippen molar-refractivity contribution in [3.8, 4) is 0 Å². The molecule has 0 saturated heterocycles. The highest BCUT2D eigenvalue weighted by Crippen LogP contribution is 2.15. The van der Waals surface area contributed by atoms with Crippen LogP contribution in [-0.4, -0.2) is 16.9 Å². The van der Waals surface area contributed by atoms with Gasteiger partial charge in [-0.2, -0.15) is 0 Å². The third-order valence-electron chi connectivity index (χ3n) is 2.92. The topological polar surface area (TPSA) is 68.0 Å². The minimum atomic E-state index is -0.387. The molecule has 0 bridgehead atoms. The molecule has 21 heavy (non-hydrogen) atoms. The number of halogens is 2. The third kappa shape index (κ3) is 4.16. The van der Waals surface area contributed by atoms with Crippen LogP contribution in [-0.2, 0) is 6.42 Å². The number of hydrogen-bond donors (Lipinski definition) is 2. The van der Waals surface area contributed by atoms with E-state index in [9.17, 15) is 9.18 Å². The number of nitrogens with zero attached hydrogens (tertiary/aromatic N) is 1. The number of carbonyl (C=O) groups excluding carboxylic acids is 1. The lowest BCUT2D eigenvalue weighted by atomic mass is 10.1. The Morgan fingerprint density at radius 2 is 2.00 bits per heavy atom. The van der Waals surface area contributed by atoms with Crippen LogP contribution in [0.3, 0.4) is 0 Å². The average molecular weight is 308 g/mol. The van der Waals surface area contributed by atoms with Crippen molar-refractivity contribution >= 4 is 23.3 Å². The summed E-state index contributed by atoms with van der Waals surface area (Å²) in [6.45, 7) is 1.85. The van der Waals surface area contributed by atoms with Gasteiger partial charge in [-0.05, 0) is 43.2 Å². The van der Waals surface area contributed by atoms with E-state index in [4.69, 9.17) is 17.3 Å². The van der Waals surface area contributed by atoms with Gasteiger partial charge in [0.2, 0.25) is 0 Å². The summed E-state index contributed by atoms with van der Waals surface area (Å²) in [5.74, 6) is -0.441. The lowest BCUT2D eigenvalue weighted by Crippen LogP contribution is -2.34. The van der Waals surface area contributed by atoms with Gasteiger partial charge in [-0.25, -0.2) is 9.37 Å². The van der Waals surface area contributed by atoms with Gasteiger partial charge in [-0.3, -0.25) is 4.79 Å². The predicted octanol–water partition coefficient (Wildman–Crippen LogP) is 2.82. The summed E-state index contributed by atoms with van der Waals surface area (Å²) < 4.78 is 12.8. The molecule has 0 spiro atoms. The van der Waals surface area contributed by atoms with Crippen LogP contribution in [0.25, 0.3) is 0 Å². The lowest BCUT2D eigenvalue weighted by molar-refractivity contribution is 0.0935. The number of rotatable bonds is 4. The van der Waals surface area contributed by atoms with Crippen molar-refractivity contribution in [1.29, 1.82) is 0 Å². The number of hydrogen-bond acceptors (Lipinski definition) is 3. The van der Waals surface area contributed by atoms with Crippen LogP contribution < -0.4 is 11.1 Å². The van der Waals surface area contributed by atoms with Crippen molar-refractivity contribution in [2.24, 2.45) is 0 Å². The van der Waals surface area contributed by atoms with Gasteiger partial charge >= 0.3 is 0 Å². The molecule has 1 aromatic carbocycles. The van der Waals surface area contributed by atoms with Gasteiger partial charge in [0.15, 0.2) is 0 Å². The molecule has 0 radical (unpaired) electrons. The summed E-state index contributed by atoms with van der Waals surface area (Å²) in [5.41, 5.74) is 6.57. The van der Waals surface area contributed by atoms with Gasteiger partial charge in [-0.1, -0.05) is 23.7 Å². The lowest BCUT2D eigenvalue weighted by Gasteiger charge is -2.14. The first-order valence-corrected chi connectivity index (χ1v) is 6.81. The predicted molar refractivity (Wildman–Crippen MR) is 80.7 cm³/mol. The maximum Gasteiger partial charge on any atom is 0.271 e. The van der Waals surface area contributed by atoms with Crippen LogP contribution in [0.1, 0.15) is 23.0 Å². The molecular weight excluding hydrogens is 293 g/mol. The summed E-state index contributed by atoms with van der Waals surface area (Å²) in [6.07, 6.45) is 0.575. The van der Waals surface area contributed by atoms with Crippen LogP contribution in [0.15, 0.2) is 36.4 Å². The molecule has 6 heteroatoms. The zero-order chi connectivity index (χ0) is 15.4. The largest absolute Gasteiger partial charge is 0.384 e. The second-order valence-electron chi connectivity index (χ2n) is 4.77. The van der Waals surface area contributed by atoms with Crippen molar-refractivity contribution in [3.63, 3.8) is 0 Å². The van der Waals surface area contributed by atoms with E-state index in [-0.39, 0.29) is 34.3 Å². The number of nitrogens with one attached hydrogen (secondary N) is 1. The Labute approximate surface area is 127 Å². The first kappa shape index (κ1) is 15.3. The van der Waals surface area contributed by atoms with E-state index in [1.807, 2.05) is 6.92 Å². The van der Waals surface area contributed by atoms with E-state index in [0.717, 1.165) is 5.56 Å². The number of nitrogen functional groups attached to an aromatic ring is 1. The van der Waals surface area contributed by atoms with Crippen LogP contribution in [0, 0.1) is 5.82 Å². The van der Waals surface area contributed by atoms with E-state index in [0.29, 0.717) is 6.42 Å². The molecule has 1 aromatic heterocycles. The summed E-state index contributed by atoms with van der Waals surface area (Å²) in [5, 5.41) is 3.04. The summed E-state index contributed by atoms with van der Waals surface area (Å²) in [6, 6.07) is 9.06. The maximum absolute atomic E-state index is 12.8. The Balaban J connectivity index is 2.01. The maximum atomic E-state index is 12.8. The molecule has 1 atom stereocenters. The van der Waals surface area contributed by atoms with Gasteiger partial charge in [-0.15, -0.1) is 0 Å². The monoisotopic (exact) mass is 307 g/mol. The average Bonchev–Trinajstić information content (AvgIpc) is 2.44. The third-order valence-corrected chi connectivity index (χ3v) is 3.22. The van der Waals surface area contributed by atoms with Gasteiger partial charge < -0.3 is 11.1 Å². The number of pyridine rings is 1. The summed E-state index contributed by atoms with van der Waals surface area (Å²) in [4.78, 5) is 16.0. The zero-order valence-electron chi connectivity index (χ0n) is 11.4. The number of nitrogens with two attached hydrogens (primary N) is 1. The quantitative estimate of drug-likeness (QED) is 0.912. The molecule has 0 saturated carbocycles. The van der Waals surface area contributed by atoms with Crippen LogP contribution in [0.4, 0.5) is 10.2 Å². The number of amides is 1. The SMILES string of the molecule is CC(Cc1ccc(F)cc1)NC(=O)c1nc(N)ccc1Cl. The van der Waals surface area contributed by atoms with E-state index >= 15 is 0 Å². The Morgan fingerprint density at radius 3 is 2.67 bits per heavy atom. The Morgan fingerprint density at radius 1 is 1.33 bits per heavy atom. The van der Waals surface area contributed by atoms with E-state index in [2.05, 4.69) is 10.3 Å². The molecule has 0 fully saturated rings. The van der Waals surface area contributed by atoms with Crippen LogP contribution in [0.2, 0.25) is 5.02 Å². The normalized spacial score (nSPS) is 12.0. The molecule has 2 rings (SSSR count). The van der Waals surface area contributed by atoms with Crippen molar-refractivity contribution in [2.75, 3.05) is 5.73 Å². The molecule has 4 nitrogen and oxygen atoms in total. The molecule has 1 heterocycles. The highest BCUT2D eigenvalue weighted by atomic mass is 35.5. The van der Waals surface area contributed by atoms with Gasteiger partial charge in [0.05, 0.1) is 5.02 Å². The van der Waals surface area contributed by atoms with Crippen molar-refractivity contribution in [1.82, 2.24) is 10.3 Å². The summed E-state index contributed by atoms with van der Waals surface area (Å²) in [7, 11) is 0. The molecular formula is C15H15ClFN3O. The standard InChI is InChI=1S/C15H15ClFN3O/c1-9(8-10-2-4-11(17)5-3-10)19-15(21)14-12(16)6-7-13(18)20-14/h2-7,9H,8H2,1H3,(H2,18,20)(H,19,21). The number of aromatic nitrogens is 1. The zero-order valence-corrected chi connectivity index (χ0v) is 12.2. The van der Waals surface area contributed by atoms with Crippen LogP contribution >= 0.6 is 11.6 Å². The number of anilines is 1. The second-order valence-corrected chi connectivity index (χ2v) is 5.18. The second kappa shape index (κ2) is 6.54. The molecule has 1 amide bonds. The van der Waals surface area contributed by atoms with Gasteiger partial charge in [0, 0.05) is 6.04 Å². The number of benzene rings is 1. The Hall–Kier alpha value is -2.14. The Bertz CT molecular complexity index is 646.